The van der Waals surface area contributed by atoms with Gasteiger partial charge in [-0.05, 0) is 69.0 Å². The van der Waals surface area contributed by atoms with Crippen molar-refractivity contribution in [3.8, 4) is 16.9 Å². The number of fused-ring (bicyclic) bond motifs is 1. The Morgan fingerprint density at radius 1 is 1.12 bits per heavy atom. The Morgan fingerprint density at radius 2 is 1.81 bits per heavy atom. The van der Waals surface area contributed by atoms with E-state index in [1.54, 1.807) is 68.1 Å². The van der Waals surface area contributed by atoms with Crippen LogP contribution in [0.3, 0.4) is 0 Å². The number of benzene rings is 2. The predicted octanol–water partition coefficient (Wildman–Crippen LogP) is 7.03. The van der Waals surface area contributed by atoms with Gasteiger partial charge in [-0.3, -0.25) is 9.69 Å². The first-order valence-electron chi connectivity index (χ1n) is 13.4. The van der Waals surface area contributed by atoms with Gasteiger partial charge in [0.15, 0.2) is 0 Å². The molecule has 4 rings (SSSR count). The van der Waals surface area contributed by atoms with Crippen molar-refractivity contribution in [1.29, 1.82) is 0 Å². The van der Waals surface area contributed by atoms with Gasteiger partial charge in [-0.15, -0.1) is 11.3 Å². The Morgan fingerprint density at radius 3 is 2.43 bits per heavy atom. The molecule has 2 aromatic carbocycles. The zero-order chi connectivity index (χ0) is 30.8. The maximum Gasteiger partial charge on any atom is 0.426 e. The zero-order valence-electron chi connectivity index (χ0n) is 24.1. The molecule has 224 valence electrons. The molecule has 3 aromatic rings. The first-order chi connectivity index (χ1) is 19.7. The Kier molecular flexibility index (Phi) is 9.01. The van der Waals surface area contributed by atoms with Gasteiger partial charge in [0, 0.05) is 30.5 Å². The number of aldehydes is 1. The van der Waals surface area contributed by atoms with Crippen LogP contribution in [-0.2, 0) is 33.5 Å². The maximum absolute atomic E-state index is 13.8. The average molecular weight is 603 g/mol. The van der Waals surface area contributed by atoms with Crippen molar-refractivity contribution in [2.24, 2.45) is 0 Å². The Labute approximate surface area is 246 Å². The van der Waals surface area contributed by atoms with Crippen LogP contribution >= 0.6 is 11.3 Å². The van der Waals surface area contributed by atoms with Gasteiger partial charge in [0.25, 0.3) is 0 Å². The second-order valence-corrected chi connectivity index (χ2v) is 12.2. The number of anilines is 1. The number of hydrogen-bond acceptors (Lipinski definition) is 6. The van der Waals surface area contributed by atoms with E-state index < -0.39 is 34.7 Å². The number of rotatable bonds is 8. The highest BCUT2D eigenvalue weighted by Crippen LogP contribution is 2.43. The van der Waals surface area contributed by atoms with Gasteiger partial charge in [0.05, 0.1) is 5.69 Å². The summed E-state index contributed by atoms with van der Waals surface area (Å²) in [4.78, 5) is 40.1. The van der Waals surface area contributed by atoms with Crippen LogP contribution in [-0.4, -0.2) is 48.4 Å². The summed E-state index contributed by atoms with van der Waals surface area (Å²) in [6, 6.07) is 12.4. The van der Waals surface area contributed by atoms with E-state index in [1.807, 2.05) is 6.92 Å². The number of likely N-dealkylation sites (N-methyl/N-ethyl adjacent to an activating group) is 1. The van der Waals surface area contributed by atoms with Gasteiger partial charge >= 0.3 is 12.3 Å². The van der Waals surface area contributed by atoms with Gasteiger partial charge in [0.2, 0.25) is 5.91 Å². The van der Waals surface area contributed by atoms with Crippen LogP contribution in [0, 0.1) is 6.92 Å². The lowest BCUT2D eigenvalue weighted by Crippen LogP contribution is -2.50. The monoisotopic (exact) mass is 602 g/mol. The van der Waals surface area contributed by atoms with E-state index >= 15 is 0 Å². The van der Waals surface area contributed by atoms with Gasteiger partial charge in [-0.1, -0.05) is 30.3 Å². The molecule has 1 atom stereocenters. The van der Waals surface area contributed by atoms with E-state index in [9.17, 15) is 27.6 Å². The Balaban J connectivity index is 1.53. The number of aryl methyl sites for hydroxylation is 1. The molecule has 1 aliphatic heterocycles. The minimum absolute atomic E-state index is 0.0520. The SMILES string of the molecule is Cc1cc(OCc2cc(-c3ccccc3)c(C(F)(F)F)s2)cc2c1N(C(=O)[C@@H](CC=O)N(C)C(=O)OC(C)(C)C)CC2. The van der Waals surface area contributed by atoms with Crippen molar-refractivity contribution < 1.29 is 37.0 Å². The van der Waals surface area contributed by atoms with E-state index in [0.29, 0.717) is 52.5 Å². The lowest BCUT2D eigenvalue weighted by atomic mass is 10.1. The van der Waals surface area contributed by atoms with E-state index in [2.05, 4.69) is 0 Å². The van der Waals surface area contributed by atoms with Crippen molar-refractivity contribution in [3.63, 3.8) is 0 Å². The second-order valence-electron chi connectivity index (χ2n) is 11.1. The highest BCUT2D eigenvalue weighted by Gasteiger charge is 2.38. The van der Waals surface area contributed by atoms with Crippen molar-refractivity contribution >= 4 is 35.3 Å². The minimum atomic E-state index is -4.49. The van der Waals surface area contributed by atoms with Crippen LogP contribution in [0.25, 0.3) is 11.1 Å². The first-order valence-corrected chi connectivity index (χ1v) is 14.2. The molecule has 0 saturated heterocycles. The van der Waals surface area contributed by atoms with Crippen LogP contribution < -0.4 is 9.64 Å². The lowest BCUT2D eigenvalue weighted by Gasteiger charge is -2.32. The van der Waals surface area contributed by atoms with E-state index in [1.165, 1.54) is 13.1 Å². The fraction of sp³-hybridized carbons (Fsp3) is 0.387. The quantitative estimate of drug-likeness (QED) is 0.259. The number of thiophene rings is 1. The summed E-state index contributed by atoms with van der Waals surface area (Å²) >= 11 is 0.657. The van der Waals surface area contributed by atoms with Gasteiger partial charge in [-0.2, -0.15) is 13.2 Å². The van der Waals surface area contributed by atoms with Gasteiger partial charge < -0.3 is 19.2 Å². The summed E-state index contributed by atoms with van der Waals surface area (Å²) in [5.74, 6) is 0.0665. The zero-order valence-corrected chi connectivity index (χ0v) is 24.9. The summed E-state index contributed by atoms with van der Waals surface area (Å²) in [5.41, 5.74) is 2.06. The summed E-state index contributed by atoms with van der Waals surface area (Å²) in [7, 11) is 1.43. The number of nitrogens with zero attached hydrogens (tertiary/aromatic N) is 2. The average Bonchev–Trinajstić information content (AvgIpc) is 3.55. The molecule has 0 bridgehead atoms. The molecule has 0 fully saturated rings. The summed E-state index contributed by atoms with van der Waals surface area (Å²) in [6.07, 6.45) is -4.28. The van der Waals surface area contributed by atoms with E-state index in [0.717, 1.165) is 16.0 Å². The lowest BCUT2D eigenvalue weighted by molar-refractivity contribution is -0.133. The third kappa shape index (κ3) is 6.95. The molecule has 11 heteroatoms. The molecule has 42 heavy (non-hydrogen) atoms. The summed E-state index contributed by atoms with van der Waals surface area (Å²) in [6.45, 7) is 7.24. The molecule has 0 radical (unpaired) electrons. The van der Waals surface area contributed by atoms with E-state index in [-0.39, 0.29) is 18.6 Å². The maximum atomic E-state index is 13.8. The third-order valence-electron chi connectivity index (χ3n) is 6.75. The number of halogens is 3. The molecular formula is C31H33F3N2O5S. The van der Waals surface area contributed by atoms with Crippen LogP contribution in [0.5, 0.6) is 5.75 Å². The molecule has 0 N–H and O–H groups in total. The Bertz CT molecular complexity index is 1460. The summed E-state index contributed by atoms with van der Waals surface area (Å²) < 4.78 is 52.7. The number of carbonyl (C=O) groups excluding carboxylic acids is 3. The molecule has 7 nitrogen and oxygen atoms in total. The number of carbonyl (C=O) groups is 3. The van der Waals surface area contributed by atoms with Crippen LogP contribution in [0.4, 0.5) is 23.7 Å². The van der Waals surface area contributed by atoms with Crippen molar-refractivity contribution in [3.05, 3.63) is 69.4 Å². The van der Waals surface area contributed by atoms with Gasteiger partial charge in [-0.25, -0.2) is 4.79 Å². The molecule has 0 saturated carbocycles. The van der Waals surface area contributed by atoms with E-state index in [4.69, 9.17) is 9.47 Å². The van der Waals surface area contributed by atoms with Crippen LogP contribution in [0.1, 0.15) is 48.1 Å². The minimum Gasteiger partial charge on any atom is -0.488 e. The first kappa shape index (κ1) is 31.1. The largest absolute Gasteiger partial charge is 0.488 e. The smallest absolute Gasteiger partial charge is 0.426 e. The van der Waals surface area contributed by atoms with Crippen molar-refractivity contribution in [2.45, 2.75) is 65.0 Å². The molecule has 0 spiro atoms. The molecule has 2 amide bonds. The number of alkyl halides is 3. The fourth-order valence-corrected chi connectivity index (χ4v) is 5.87. The standard InChI is InChI=1S/C31H33F3N2O5S/c1-19-15-22(40-18-23-17-24(20-9-7-6-8-10-20)27(42-23)31(32,33)34)16-21-11-13-36(26(19)21)28(38)25(12-14-37)35(5)29(39)41-30(2,3)4/h6-10,14-17,25H,11-13,18H2,1-5H3/t25-/m1/s1. The Hall–Kier alpha value is -3.86. The number of amides is 2. The number of ether oxygens (including phenoxy) is 2. The van der Waals surface area contributed by atoms with Crippen molar-refractivity contribution in [2.75, 3.05) is 18.5 Å². The molecule has 0 aliphatic carbocycles. The highest BCUT2D eigenvalue weighted by molar-refractivity contribution is 7.12. The van der Waals surface area contributed by atoms with Crippen LogP contribution in [0.2, 0.25) is 0 Å². The van der Waals surface area contributed by atoms with Crippen molar-refractivity contribution in [1.82, 2.24) is 4.90 Å². The molecule has 2 heterocycles. The molecule has 0 unspecified atom stereocenters. The summed E-state index contributed by atoms with van der Waals surface area (Å²) in [5, 5.41) is 0. The predicted molar refractivity (Wildman–Crippen MR) is 155 cm³/mol. The van der Waals surface area contributed by atoms with Crippen LogP contribution in [0.15, 0.2) is 48.5 Å². The fourth-order valence-electron chi connectivity index (χ4n) is 4.91. The highest BCUT2D eigenvalue weighted by atomic mass is 32.1. The normalized spacial score (nSPS) is 13.9. The number of hydrogen-bond donors (Lipinski definition) is 0. The second kappa shape index (κ2) is 12.2. The molecule has 1 aromatic heterocycles. The topological polar surface area (TPSA) is 76.2 Å². The molecule has 1 aliphatic rings. The van der Waals surface area contributed by atoms with Gasteiger partial charge in [0.1, 0.15) is 35.2 Å². The third-order valence-corrected chi connectivity index (χ3v) is 7.91. The molecular weight excluding hydrogens is 569 g/mol.